The normalized spacial score (nSPS) is 15.7. The maximum atomic E-state index is 12.5. The molecule has 1 aromatic carbocycles. The number of rotatable bonds is 0. The lowest BCUT2D eigenvalue weighted by Gasteiger charge is -2.13. The molecule has 0 fully saturated rings. The van der Waals surface area contributed by atoms with Crippen molar-refractivity contribution in [3.8, 4) is 0 Å². The number of aryl methyl sites for hydroxylation is 1. The van der Waals surface area contributed by atoms with E-state index in [4.69, 9.17) is 0 Å². The van der Waals surface area contributed by atoms with E-state index < -0.39 is 11.7 Å². The van der Waals surface area contributed by atoms with Crippen LogP contribution in [0, 0.1) is 6.92 Å². The Labute approximate surface area is 80.7 Å². The van der Waals surface area contributed by atoms with E-state index in [1.807, 2.05) is 0 Å². The van der Waals surface area contributed by atoms with E-state index >= 15 is 0 Å². The molecule has 1 aromatic rings. The molecule has 0 N–H and O–H groups in total. The van der Waals surface area contributed by atoms with Gasteiger partial charge in [-0.05, 0) is 48.9 Å². The lowest BCUT2D eigenvalue weighted by Crippen LogP contribution is -2.09. The van der Waals surface area contributed by atoms with Crippen molar-refractivity contribution >= 4 is 0 Å². The van der Waals surface area contributed by atoms with Gasteiger partial charge in [-0.1, -0.05) is 6.07 Å². The van der Waals surface area contributed by atoms with E-state index in [9.17, 15) is 13.2 Å². The molecular weight excluding hydrogens is 189 g/mol. The number of hydrogen-bond donors (Lipinski definition) is 0. The summed E-state index contributed by atoms with van der Waals surface area (Å²) in [6.45, 7) is 1.58. The van der Waals surface area contributed by atoms with Gasteiger partial charge in [-0.2, -0.15) is 13.2 Å². The highest BCUT2D eigenvalue weighted by atomic mass is 19.4. The topological polar surface area (TPSA) is 0 Å². The largest absolute Gasteiger partial charge is 0.416 e. The van der Waals surface area contributed by atoms with Crippen molar-refractivity contribution < 1.29 is 13.2 Å². The lowest BCUT2D eigenvalue weighted by atomic mass is 9.98. The first kappa shape index (κ1) is 9.56. The van der Waals surface area contributed by atoms with E-state index in [1.165, 1.54) is 6.07 Å². The van der Waals surface area contributed by atoms with Crippen LogP contribution in [0.15, 0.2) is 12.1 Å². The summed E-state index contributed by atoms with van der Waals surface area (Å²) >= 11 is 0. The van der Waals surface area contributed by atoms with Gasteiger partial charge in [-0.3, -0.25) is 0 Å². The first-order chi connectivity index (χ1) is 6.50. The van der Waals surface area contributed by atoms with Gasteiger partial charge < -0.3 is 0 Å². The summed E-state index contributed by atoms with van der Waals surface area (Å²) < 4.78 is 37.6. The van der Waals surface area contributed by atoms with Crippen LogP contribution < -0.4 is 0 Å². The number of fused-ring (bicyclic) bond motifs is 1. The smallest absolute Gasteiger partial charge is 0.166 e. The lowest BCUT2D eigenvalue weighted by molar-refractivity contribution is -0.138. The first-order valence-electron chi connectivity index (χ1n) is 4.68. The van der Waals surface area contributed by atoms with Gasteiger partial charge in [0.2, 0.25) is 0 Å². The van der Waals surface area contributed by atoms with Crippen LogP contribution in [0.4, 0.5) is 13.2 Å². The third-order valence-electron chi connectivity index (χ3n) is 2.87. The summed E-state index contributed by atoms with van der Waals surface area (Å²) in [6, 6.07) is 2.83. The fourth-order valence-corrected chi connectivity index (χ4v) is 2.16. The average Bonchev–Trinajstić information content (AvgIpc) is 2.50. The van der Waals surface area contributed by atoms with Gasteiger partial charge in [0.1, 0.15) is 0 Å². The molecule has 1 aliphatic carbocycles. The summed E-state index contributed by atoms with van der Waals surface area (Å²) in [5.74, 6) is 0. The molecule has 0 atom stereocenters. The van der Waals surface area contributed by atoms with Crippen LogP contribution in [-0.4, -0.2) is 0 Å². The predicted molar refractivity (Wildman–Crippen MR) is 48.2 cm³/mol. The molecule has 0 unspecified atom stereocenters. The summed E-state index contributed by atoms with van der Waals surface area (Å²) in [7, 11) is 0. The van der Waals surface area contributed by atoms with Gasteiger partial charge in [0.15, 0.2) is 0 Å². The van der Waals surface area contributed by atoms with Crippen molar-refractivity contribution in [3.05, 3.63) is 34.4 Å². The summed E-state index contributed by atoms with van der Waals surface area (Å²) in [6.07, 6.45) is -1.50. The Morgan fingerprint density at radius 1 is 1.14 bits per heavy atom. The minimum Gasteiger partial charge on any atom is -0.166 e. The molecule has 0 aromatic heterocycles. The van der Waals surface area contributed by atoms with Crippen LogP contribution >= 0.6 is 0 Å². The van der Waals surface area contributed by atoms with Gasteiger partial charge in [-0.25, -0.2) is 0 Å². The predicted octanol–water partition coefficient (Wildman–Crippen LogP) is 3.50. The van der Waals surface area contributed by atoms with Gasteiger partial charge in [0.05, 0.1) is 5.56 Å². The second kappa shape index (κ2) is 3.01. The molecule has 0 aliphatic heterocycles. The highest BCUT2D eigenvalue weighted by Gasteiger charge is 2.33. The van der Waals surface area contributed by atoms with E-state index in [2.05, 4.69) is 0 Å². The maximum absolute atomic E-state index is 12.5. The van der Waals surface area contributed by atoms with Crippen molar-refractivity contribution in [1.82, 2.24) is 0 Å². The SMILES string of the molecule is Cc1c(C(F)(F)F)ccc2c1CCC2. The Bertz CT molecular complexity index is 364. The molecule has 0 amide bonds. The van der Waals surface area contributed by atoms with Crippen LogP contribution in [0.3, 0.4) is 0 Å². The molecule has 0 heterocycles. The van der Waals surface area contributed by atoms with E-state index in [1.54, 1.807) is 13.0 Å². The fraction of sp³-hybridized carbons (Fsp3) is 0.455. The molecule has 76 valence electrons. The highest BCUT2D eigenvalue weighted by molar-refractivity contribution is 5.43. The van der Waals surface area contributed by atoms with Crippen LogP contribution in [0.2, 0.25) is 0 Å². The number of halogens is 3. The molecule has 0 saturated heterocycles. The summed E-state index contributed by atoms with van der Waals surface area (Å²) in [5, 5.41) is 0. The molecule has 1 aliphatic rings. The number of benzene rings is 1. The second-order valence-electron chi connectivity index (χ2n) is 3.73. The summed E-state index contributed by atoms with van der Waals surface area (Å²) in [5.41, 5.74) is 1.96. The van der Waals surface area contributed by atoms with Crippen molar-refractivity contribution in [2.75, 3.05) is 0 Å². The van der Waals surface area contributed by atoms with E-state index in [0.29, 0.717) is 5.56 Å². The molecule has 0 spiro atoms. The number of hydrogen-bond acceptors (Lipinski definition) is 0. The van der Waals surface area contributed by atoms with Crippen molar-refractivity contribution in [3.63, 3.8) is 0 Å². The van der Waals surface area contributed by atoms with Crippen molar-refractivity contribution in [2.24, 2.45) is 0 Å². The molecule has 0 bridgehead atoms. The van der Waals surface area contributed by atoms with Crippen LogP contribution in [0.5, 0.6) is 0 Å². The van der Waals surface area contributed by atoms with Gasteiger partial charge in [0, 0.05) is 0 Å². The zero-order chi connectivity index (χ0) is 10.3. The minimum absolute atomic E-state index is 0.424. The van der Waals surface area contributed by atoms with E-state index in [-0.39, 0.29) is 0 Å². The Hall–Kier alpha value is -0.990. The van der Waals surface area contributed by atoms with Crippen molar-refractivity contribution in [2.45, 2.75) is 32.4 Å². The molecular formula is C11H11F3. The monoisotopic (exact) mass is 200 g/mol. The van der Waals surface area contributed by atoms with Crippen LogP contribution in [-0.2, 0) is 19.0 Å². The Morgan fingerprint density at radius 2 is 1.86 bits per heavy atom. The minimum atomic E-state index is -4.21. The third-order valence-corrected chi connectivity index (χ3v) is 2.87. The molecule has 14 heavy (non-hydrogen) atoms. The first-order valence-corrected chi connectivity index (χ1v) is 4.68. The van der Waals surface area contributed by atoms with Crippen LogP contribution in [0.25, 0.3) is 0 Å². The molecule has 0 radical (unpaired) electrons. The molecule has 3 heteroatoms. The quantitative estimate of drug-likeness (QED) is 0.601. The second-order valence-corrected chi connectivity index (χ2v) is 3.73. The van der Waals surface area contributed by atoms with Crippen LogP contribution in [0.1, 0.15) is 28.7 Å². The summed E-state index contributed by atoms with van der Waals surface area (Å²) in [4.78, 5) is 0. The van der Waals surface area contributed by atoms with E-state index in [0.717, 1.165) is 30.4 Å². The average molecular weight is 200 g/mol. The Kier molecular flexibility index (Phi) is 2.05. The Morgan fingerprint density at radius 3 is 2.50 bits per heavy atom. The zero-order valence-corrected chi connectivity index (χ0v) is 7.91. The Balaban J connectivity index is 2.56. The zero-order valence-electron chi connectivity index (χ0n) is 7.91. The van der Waals surface area contributed by atoms with Crippen molar-refractivity contribution in [1.29, 1.82) is 0 Å². The molecule has 0 nitrogen and oxygen atoms in total. The maximum Gasteiger partial charge on any atom is 0.416 e. The van der Waals surface area contributed by atoms with Gasteiger partial charge >= 0.3 is 6.18 Å². The fourth-order valence-electron chi connectivity index (χ4n) is 2.16. The van der Waals surface area contributed by atoms with Gasteiger partial charge in [0.25, 0.3) is 0 Å². The molecule has 0 saturated carbocycles. The van der Waals surface area contributed by atoms with Gasteiger partial charge in [-0.15, -0.1) is 0 Å². The molecule has 2 rings (SSSR count). The standard InChI is InChI=1S/C11H11F3/c1-7-9-4-2-3-8(9)5-6-10(7)11(12,13)14/h5-6H,2-4H2,1H3. The third kappa shape index (κ3) is 1.41. The highest BCUT2D eigenvalue weighted by Crippen LogP contribution is 2.36. The number of alkyl halides is 3.